The number of hydrogen-bond acceptors (Lipinski definition) is 4. The molecule has 1 fully saturated rings. The molecule has 0 spiro atoms. The molecule has 70 valence electrons. The Balaban J connectivity index is 2.29. The number of hydrogen-bond donors (Lipinski definition) is 0. The van der Waals surface area contributed by atoms with E-state index in [0.29, 0.717) is 0 Å². The van der Waals surface area contributed by atoms with Crippen LogP contribution in [0.1, 0.15) is 0 Å². The van der Waals surface area contributed by atoms with Gasteiger partial charge in [-0.2, -0.15) is 0 Å². The molecule has 1 rings (SSSR count). The summed E-state index contributed by atoms with van der Waals surface area (Å²) in [6, 6.07) is 0. The van der Waals surface area contributed by atoms with Crippen molar-refractivity contribution in [3.63, 3.8) is 0 Å². The number of thiocarbonyl (C=S) groups is 1. The summed E-state index contributed by atoms with van der Waals surface area (Å²) < 4.78 is 5.76. The number of rotatable bonds is 1. The van der Waals surface area contributed by atoms with E-state index in [1.807, 2.05) is 0 Å². The second-order valence-corrected chi connectivity index (χ2v) is 4.34. The van der Waals surface area contributed by atoms with E-state index < -0.39 is 0 Å². The van der Waals surface area contributed by atoms with Crippen molar-refractivity contribution in [3.05, 3.63) is 0 Å². The first-order valence-corrected chi connectivity index (χ1v) is 5.07. The summed E-state index contributed by atoms with van der Waals surface area (Å²) in [6.07, 6.45) is 0. The molecule has 5 heteroatoms. The maximum atomic E-state index is 5.16. The quantitative estimate of drug-likeness (QED) is 0.465. The van der Waals surface area contributed by atoms with Gasteiger partial charge in [0, 0.05) is 26.2 Å². The molecular formula is C7H14N2OS2. The van der Waals surface area contributed by atoms with Crippen LogP contribution < -0.4 is 0 Å². The molecule has 0 atom stereocenters. The van der Waals surface area contributed by atoms with Crippen LogP contribution in [0.3, 0.4) is 0 Å². The molecule has 1 aliphatic rings. The lowest BCUT2D eigenvalue weighted by molar-refractivity contribution is 0.219. The van der Waals surface area contributed by atoms with Crippen molar-refractivity contribution in [1.29, 1.82) is 0 Å². The monoisotopic (exact) mass is 206 g/mol. The van der Waals surface area contributed by atoms with Crippen molar-refractivity contribution in [1.82, 2.24) is 9.80 Å². The van der Waals surface area contributed by atoms with Crippen molar-refractivity contribution in [3.8, 4) is 0 Å². The van der Waals surface area contributed by atoms with Crippen LogP contribution >= 0.6 is 24.3 Å². The van der Waals surface area contributed by atoms with Crippen molar-refractivity contribution >= 4 is 28.6 Å². The average Bonchev–Trinajstić information content (AvgIpc) is 2.06. The number of piperazine rings is 1. The molecule has 1 aliphatic heterocycles. The molecule has 0 aromatic carbocycles. The highest BCUT2D eigenvalue weighted by Gasteiger charge is 2.16. The van der Waals surface area contributed by atoms with Gasteiger partial charge < -0.3 is 14.0 Å². The fourth-order valence-corrected chi connectivity index (χ4v) is 1.93. The Hall–Kier alpha value is 0.160. The molecule has 0 radical (unpaired) electrons. The van der Waals surface area contributed by atoms with Crippen LogP contribution in [0.15, 0.2) is 0 Å². The zero-order valence-electron chi connectivity index (χ0n) is 7.45. The lowest BCUT2D eigenvalue weighted by Crippen LogP contribution is -2.45. The number of likely N-dealkylation sites (N-methyl/N-ethyl adjacent to an activating group) is 1. The van der Waals surface area contributed by atoms with Gasteiger partial charge in [0.1, 0.15) is 0 Å². The predicted octanol–water partition coefficient (Wildman–Crippen LogP) is 0.813. The maximum Gasteiger partial charge on any atom is 0.163 e. The summed E-state index contributed by atoms with van der Waals surface area (Å²) in [5, 5.41) is 0. The predicted molar refractivity (Wildman–Crippen MR) is 56.3 cm³/mol. The van der Waals surface area contributed by atoms with Gasteiger partial charge in [0.25, 0.3) is 0 Å². The fourth-order valence-electron chi connectivity index (χ4n) is 1.11. The highest BCUT2D eigenvalue weighted by Crippen LogP contribution is 2.11. The van der Waals surface area contributed by atoms with Crippen LogP contribution in [-0.2, 0) is 4.18 Å². The van der Waals surface area contributed by atoms with Gasteiger partial charge in [-0.15, -0.1) is 0 Å². The van der Waals surface area contributed by atoms with E-state index >= 15 is 0 Å². The minimum Gasteiger partial charge on any atom is -0.353 e. The van der Waals surface area contributed by atoms with E-state index in [1.165, 1.54) is 12.0 Å². The highest BCUT2D eigenvalue weighted by molar-refractivity contribution is 8.19. The molecule has 0 aromatic heterocycles. The van der Waals surface area contributed by atoms with Gasteiger partial charge in [-0.05, 0) is 7.05 Å². The second kappa shape index (κ2) is 5.01. The normalized spacial score (nSPS) is 19.7. The van der Waals surface area contributed by atoms with Crippen LogP contribution in [-0.4, -0.2) is 54.5 Å². The van der Waals surface area contributed by atoms with Gasteiger partial charge in [-0.25, -0.2) is 0 Å². The average molecular weight is 206 g/mol. The Labute approximate surface area is 83.2 Å². The first kappa shape index (κ1) is 10.2. The maximum absolute atomic E-state index is 5.16. The van der Waals surface area contributed by atoms with E-state index in [2.05, 4.69) is 16.8 Å². The molecule has 0 aromatic rings. The third kappa shape index (κ3) is 2.90. The molecule has 1 saturated heterocycles. The van der Waals surface area contributed by atoms with Crippen molar-refractivity contribution < 1.29 is 4.18 Å². The molecule has 1 heterocycles. The summed E-state index contributed by atoms with van der Waals surface area (Å²) in [4.78, 5) is 4.49. The Morgan fingerprint density at radius 3 is 2.42 bits per heavy atom. The van der Waals surface area contributed by atoms with Crippen LogP contribution in [0, 0.1) is 0 Å². The molecule has 0 aliphatic carbocycles. The Bertz CT molecular complexity index is 157. The summed E-state index contributed by atoms with van der Waals surface area (Å²) in [5.41, 5.74) is 0. The van der Waals surface area contributed by atoms with Gasteiger partial charge in [-0.3, -0.25) is 0 Å². The van der Waals surface area contributed by atoms with Crippen molar-refractivity contribution in [2.75, 3.05) is 40.3 Å². The zero-order chi connectivity index (χ0) is 8.97. The van der Waals surface area contributed by atoms with E-state index in [1.54, 1.807) is 7.11 Å². The van der Waals surface area contributed by atoms with E-state index in [0.717, 1.165) is 30.5 Å². The molecular weight excluding hydrogens is 192 g/mol. The summed E-state index contributed by atoms with van der Waals surface area (Å²) >= 11 is 6.44. The van der Waals surface area contributed by atoms with E-state index in [9.17, 15) is 0 Å². The third-order valence-corrected chi connectivity index (χ3v) is 2.95. The Kier molecular flexibility index (Phi) is 4.28. The van der Waals surface area contributed by atoms with Crippen molar-refractivity contribution in [2.24, 2.45) is 0 Å². The summed E-state index contributed by atoms with van der Waals surface area (Å²) in [7, 11) is 3.77. The summed E-state index contributed by atoms with van der Waals surface area (Å²) in [5.74, 6) is 0. The topological polar surface area (TPSA) is 15.7 Å². The van der Waals surface area contributed by atoms with Crippen molar-refractivity contribution in [2.45, 2.75) is 0 Å². The Morgan fingerprint density at radius 1 is 1.33 bits per heavy atom. The number of nitrogens with zero attached hydrogens (tertiary/aromatic N) is 2. The molecule has 0 N–H and O–H groups in total. The minimum absolute atomic E-state index is 0.852. The molecule has 0 bridgehead atoms. The SMILES string of the molecule is COSC(=S)N1CCN(C)CC1. The largest absolute Gasteiger partial charge is 0.353 e. The summed E-state index contributed by atoms with van der Waals surface area (Å²) in [6.45, 7) is 4.21. The molecule has 3 nitrogen and oxygen atoms in total. The van der Waals surface area contributed by atoms with Crippen LogP contribution in [0.25, 0.3) is 0 Å². The second-order valence-electron chi connectivity index (χ2n) is 2.81. The van der Waals surface area contributed by atoms with Crippen LogP contribution in [0.2, 0.25) is 0 Å². The smallest absolute Gasteiger partial charge is 0.163 e. The van der Waals surface area contributed by atoms with E-state index in [-0.39, 0.29) is 0 Å². The molecule has 12 heavy (non-hydrogen) atoms. The first-order valence-electron chi connectivity index (χ1n) is 3.92. The highest BCUT2D eigenvalue weighted by atomic mass is 32.2. The van der Waals surface area contributed by atoms with Gasteiger partial charge >= 0.3 is 0 Å². The zero-order valence-corrected chi connectivity index (χ0v) is 9.08. The minimum atomic E-state index is 0.852. The third-order valence-electron chi connectivity index (χ3n) is 1.92. The molecule has 0 amide bonds. The lowest BCUT2D eigenvalue weighted by atomic mass is 10.4. The van der Waals surface area contributed by atoms with Crippen LogP contribution in [0.5, 0.6) is 0 Å². The fraction of sp³-hybridized carbons (Fsp3) is 0.857. The van der Waals surface area contributed by atoms with Gasteiger partial charge in [-0.1, -0.05) is 12.2 Å². The van der Waals surface area contributed by atoms with E-state index in [4.69, 9.17) is 16.4 Å². The lowest BCUT2D eigenvalue weighted by Gasteiger charge is -2.33. The standard InChI is InChI=1S/C7H14N2OS2/c1-8-3-5-9(6-4-8)7(11)12-10-2/h3-6H2,1-2H3. The first-order chi connectivity index (χ1) is 5.74. The van der Waals surface area contributed by atoms with Gasteiger partial charge in [0.15, 0.2) is 4.32 Å². The van der Waals surface area contributed by atoms with Gasteiger partial charge in [0.05, 0.1) is 19.2 Å². The molecule has 0 saturated carbocycles. The van der Waals surface area contributed by atoms with Gasteiger partial charge in [0.2, 0.25) is 0 Å². The van der Waals surface area contributed by atoms with Crippen LogP contribution in [0.4, 0.5) is 0 Å². The molecule has 0 unspecified atom stereocenters. The Morgan fingerprint density at radius 2 is 1.92 bits per heavy atom.